The number of fused-ring (bicyclic) bond motifs is 5. The van der Waals surface area contributed by atoms with Crippen LogP contribution in [0.4, 0.5) is 0 Å². The maximum atomic E-state index is 4.36. The quantitative estimate of drug-likeness (QED) is 0.638. The maximum Gasteiger partial charge on any atom is 0.0579 e. The van der Waals surface area contributed by atoms with Gasteiger partial charge in [-0.05, 0) is 26.8 Å². The van der Waals surface area contributed by atoms with Crippen LogP contribution in [0.2, 0.25) is 0 Å². The Kier molecular flexibility index (Phi) is 1.67. The molecule has 1 nitrogen and oxygen atoms in total. The number of rotatable bonds is 0. The van der Waals surface area contributed by atoms with Crippen LogP contribution in [0.5, 0.6) is 0 Å². The van der Waals surface area contributed by atoms with Crippen LogP contribution in [0.3, 0.4) is 0 Å². The molecule has 80 valence electrons. The molecule has 0 radical (unpaired) electrons. The number of allylic oxidation sites excluding steroid dienone is 1. The van der Waals surface area contributed by atoms with Gasteiger partial charge < -0.3 is 0 Å². The smallest absolute Gasteiger partial charge is 0.0579 e. The van der Waals surface area contributed by atoms with Gasteiger partial charge in [0.15, 0.2) is 0 Å². The predicted molar refractivity (Wildman–Crippen MR) is 73.6 cm³/mol. The fraction of sp³-hybridized carbons (Fsp3) is 0.0625. The van der Waals surface area contributed by atoms with Crippen molar-refractivity contribution in [1.82, 2.24) is 0 Å². The average molecular weight is 217 g/mol. The molecule has 4 rings (SSSR count). The lowest BCUT2D eigenvalue weighted by molar-refractivity contribution is 1.28. The lowest BCUT2D eigenvalue weighted by atomic mass is 9.97. The Bertz CT molecular complexity index is 808. The summed E-state index contributed by atoms with van der Waals surface area (Å²) < 4.78 is 0. The van der Waals surface area contributed by atoms with Crippen LogP contribution in [0.1, 0.15) is 11.1 Å². The van der Waals surface area contributed by atoms with Gasteiger partial charge in [0, 0.05) is 11.8 Å². The molecule has 0 amide bonds. The first-order valence-electron chi connectivity index (χ1n) is 5.88. The molecule has 2 aliphatic rings. The van der Waals surface area contributed by atoms with E-state index in [1.807, 2.05) is 6.21 Å². The van der Waals surface area contributed by atoms with Gasteiger partial charge in [-0.1, -0.05) is 48.6 Å². The van der Waals surface area contributed by atoms with Crippen molar-refractivity contribution in [3.8, 4) is 0 Å². The van der Waals surface area contributed by atoms with E-state index in [0.29, 0.717) is 0 Å². The number of nitrogens with zero attached hydrogens (tertiary/aromatic N) is 1. The molecule has 0 spiro atoms. The molecule has 1 aliphatic heterocycles. The first-order valence-corrected chi connectivity index (χ1v) is 5.88. The minimum Gasteiger partial charge on any atom is -0.288 e. The van der Waals surface area contributed by atoms with Crippen molar-refractivity contribution in [2.75, 3.05) is 6.54 Å². The fourth-order valence-electron chi connectivity index (χ4n) is 2.68. The first kappa shape index (κ1) is 8.94. The lowest BCUT2D eigenvalue weighted by Crippen LogP contribution is -2.14. The van der Waals surface area contributed by atoms with Gasteiger partial charge in [-0.25, -0.2) is 0 Å². The molecule has 2 aromatic carbocycles. The Balaban J connectivity index is 2.26. The van der Waals surface area contributed by atoms with E-state index in [1.54, 1.807) is 0 Å². The van der Waals surface area contributed by atoms with Crippen molar-refractivity contribution in [2.24, 2.45) is 4.99 Å². The fourth-order valence-corrected chi connectivity index (χ4v) is 2.68. The number of aliphatic imine (C=N–C) groups is 1. The lowest BCUT2D eigenvalue weighted by Gasteiger charge is -2.08. The Morgan fingerprint density at radius 2 is 1.71 bits per heavy atom. The molecule has 0 unspecified atom stereocenters. The molecule has 2 aromatic rings. The van der Waals surface area contributed by atoms with Gasteiger partial charge in [0.05, 0.1) is 6.54 Å². The summed E-state index contributed by atoms with van der Waals surface area (Å²) in [7, 11) is 0. The van der Waals surface area contributed by atoms with Gasteiger partial charge in [-0.15, -0.1) is 0 Å². The van der Waals surface area contributed by atoms with E-state index in [0.717, 1.165) is 6.54 Å². The third-order valence-corrected chi connectivity index (χ3v) is 3.53. The molecular formula is C16H11N. The van der Waals surface area contributed by atoms with E-state index in [4.69, 9.17) is 0 Å². The predicted octanol–water partition coefficient (Wildman–Crippen LogP) is 1.86. The monoisotopic (exact) mass is 217 g/mol. The van der Waals surface area contributed by atoms with E-state index in [9.17, 15) is 0 Å². The maximum absolute atomic E-state index is 4.36. The Morgan fingerprint density at radius 3 is 2.65 bits per heavy atom. The van der Waals surface area contributed by atoms with Gasteiger partial charge in [0.2, 0.25) is 0 Å². The number of hydrogen-bond donors (Lipinski definition) is 0. The van der Waals surface area contributed by atoms with E-state index in [-0.39, 0.29) is 0 Å². The van der Waals surface area contributed by atoms with Crippen LogP contribution in [0, 0.1) is 0 Å². The average Bonchev–Trinajstić information content (AvgIpc) is 2.86. The van der Waals surface area contributed by atoms with E-state index in [2.05, 4.69) is 53.6 Å². The zero-order valence-corrected chi connectivity index (χ0v) is 9.35. The Morgan fingerprint density at radius 1 is 0.882 bits per heavy atom. The molecule has 0 bridgehead atoms. The standard InChI is InChI=1S/C16H11N/c1-2-11-4-7-15-14(13(11)3-1)6-5-12-8-9-17-10-16(12)15/h1-8,10H,9H2. The molecule has 0 saturated carbocycles. The van der Waals surface area contributed by atoms with Crippen molar-refractivity contribution in [3.63, 3.8) is 0 Å². The number of benzene rings is 2. The van der Waals surface area contributed by atoms with Crippen LogP contribution in [-0.4, -0.2) is 12.8 Å². The van der Waals surface area contributed by atoms with Crippen LogP contribution in [0.25, 0.3) is 29.0 Å². The van der Waals surface area contributed by atoms with Crippen molar-refractivity contribution in [2.45, 2.75) is 0 Å². The first-order chi connectivity index (χ1) is 8.43. The van der Waals surface area contributed by atoms with Crippen molar-refractivity contribution in [3.05, 3.63) is 51.9 Å². The molecule has 1 aliphatic carbocycles. The zero-order chi connectivity index (χ0) is 11.2. The molecule has 0 aromatic heterocycles. The second-order valence-electron chi connectivity index (χ2n) is 4.46. The van der Waals surface area contributed by atoms with Gasteiger partial charge in [-0.2, -0.15) is 0 Å². The molecule has 1 heterocycles. The van der Waals surface area contributed by atoms with Gasteiger partial charge in [-0.3, -0.25) is 4.99 Å². The summed E-state index contributed by atoms with van der Waals surface area (Å²) in [4.78, 5) is 4.36. The van der Waals surface area contributed by atoms with E-state index < -0.39 is 0 Å². The molecule has 1 heteroatoms. The van der Waals surface area contributed by atoms with Crippen molar-refractivity contribution >= 4 is 35.2 Å². The SMILES string of the molecule is C1=Cc2c(ccc3c4c(ccc23)=CCN=C4)=C1. The summed E-state index contributed by atoms with van der Waals surface area (Å²) in [5.41, 5.74) is 2.60. The van der Waals surface area contributed by atoms with Crippen LogP contribution in [-0.2, 0) is 0 Å². The highest BCUT2D eigenvalue weighted by Crippen LogP contribution is 2.20. The topological polar surface area (TPSA) is 12.4 Å². The summed E-state index contributed by atoms with van der Waals surface area (Å²) in [6.45, 7) is 0.803. The van der Waals surface area contributed by atoms with Crippen molar-refractivity contribution in [1.29, 1.82) is 0 Å². The zero-order valence-electron chi connectivity index (χ0n) is 9.35. The van der Waals surface area contributed by atoms with Crippen LogP contribution in [0.15, 0.2) is 35.3 Å². The molecular weight excluding hydrogens is 206 g/mol. The molecule has 17 heavy (non-hydrogen) atoms. The van der Waals surface area contributed by atoms with Crippen LogP contribution < -0.4 is 10.4 Å². The Hall–Kier alpha value is -2.15. The molecule has 0 N–H and O–H groups in total. The third-order valence-electron chi connectivity index (χ3n) is 3.53. The molecule has 0 saturated heterocycles. The van der Waals surface area contributed by atoms with Gasteiger partial charge in [0.25, 0.3) is 0 Å². The highest BCUT2D eigenvalue weighted by Gasteiger charge is 2.08. The van der Waals surface area contributed by atoms with Gasteiger partial charge in [0.1, 0.15) is 0 Å². The van der Waals surface area contributed by atoms with E-state index in [1.165, 1.54) is 32.3 Å². The van der Waals surface area contributed by atoms with Crippen molar-refractivity contribution < 1.29 is 0 Å². The summed E-state index contributed by atoms with van der Waals surface area (Å²) in [5, 5.41) is 5.25. The minimum atomic E-state index is 0.803. The highest BCUT2D eigenvalue weighted by atomic mass is 14.7. The highest BCUT2D eigenvalue weighted by molar-refractivity contribution is 6.04. The second-order valence-corrected chi connectivity index (χ2v) is 4.46. The summed E-state index contributed by atoms with van der Waals surface area (Å²) in [5.74, 6) is 0. The third kappa shape index (κ3) is 1.17. The second kappa shape index (κ2) is 3.17. The van der Waals surface area contributed by atoms with Gasteiger partial charge >= 0.3 is 0 Å². The minimum absolute atomic E-state index is 0.803. The van der Waals surface area contributed by atoms with Crippen LogP contribution >= 0.6 is 0 Å². The summed E-state index contributed by atoms with van der Waals surface area (Å²) in [6, 6.07) is 8.84. The largest absolute Gasteiger partial charge is 0.288 e. The summed E-state index contributed by atoms with van der Waals surface area (Å²) in [6.07, 6.45) is 10.7. The summed E-state index contributed by atoms with van der Waals surface area (Å²) >= 11 is 0. The molecule has 0 atom stereocenters. The Labute approximate surface area is 99.1 Å². The normalized spacial score (nSPS) is 15.3. The number of hydrogen-bond acceptors (Lipinski definition) is 1. The van der Waals surface area contributed by atoms with E-state index >= 15 is 0 Å². The molecule has 0 fully saturated rings.